The third-order valence-electron chi connectivity index (χ3n) is 5.10. The molecule has 1 amide bonds. The van der Waals surface area contributed by atoms with Crippen molar-refractivity contribution in [3.63, 3.8) is 0 Å². The van der Waals surface area contributed by atoms with E-state index in [1.807, 2.05) is 0 Å². The minimum absolute atomic E-state index is 0.219. The topological polar surface area (TPSA) is 98.5 Å². The van der Waals surface area contributed by atoms with Crippen LogP contribution >= 0.6 is 0 Å². The molecule has 1 aliphatic heterocycles. The van der Waals surface area contributed by atoms with Gasteiger partial charge in [0.1, 0.15) is 5.65 Å². The zero-order valence-electron chi connectivity index (χ0n) is 16.1. The molecule has 9 heteroatoms. The first kappa shape index (κ1) is 19.2. The Labute approximate surface area is 156 Å². The van der Waals surface area contributed by atoms with Crippen LogP contribution in [0.2, 0.25) is 0 Å². The summed E-state index contributed by atoms with van der Waals surface area (Å²) < 4.78 is 7.68. The molecule has 27 heavy (non-hydrogen) atoms. The predicted octanol–water partition coefficient (Wildman–Crippen LogP) is -0.527. The highest BCUT2D eigenvalue weighted by atomic mass is 16.5. The van der Waals surface area contributed by atoms with Gasteiger partial charge in [-0.3, -0.25) is 23.6 Å². The zero-order valence-corrected chi connectivity index (χ0v) is 16.1. The van der Waals surface area contributed by atoms with Crippen LogP contribution in [0, 0.1) is 0 Å². The number of carbonyl (C=O) groups is 1. The lowest BCUT2D eigenvalue weighted by Gasteiger charge is -2.40. The Balaban J connectivity index is 1.82. The number of aromatic nitrogens is 3. The molecule has 9 nitrogen and oxygen atoms in total. The molecule has 0 spiro atoms. The quantitative estimate of drug-likeness (QED) is 0.772. The number of aryl methyl sites for hydroxylation is 1. The molecule has 0 bridgehead atoms. The summed E-state index contributed by atoms with van der Waals surface area (Å²) in [6.45, 7) is 7.62. The van der Waals surface area contributed by atoms with E-state index in [2.05, 4.69) is 29.0 Å². The maximum Gasteiger partial charge on any atom is 0.332 e. The van der Waals surface area contributed by atoms with E-state index in [0.29, 0.717) is 19.8 Å². The van der Waals surface area contributed by atoms with Gasteiger partial charge in [0.15, 0.2) is 0 Å². The fraction of sp³-hybridized carbons (Fsp3) is 0.556. The van der Waals surface area contributed by atoms with Gasteiger partial charge >= 0.3 is 5.69 Å². The molecule has 146 valence electrons. The number of nitrogens with zero attached hydrogens (tertiary/aromatic N) is 4. The van der Waals surface area contributed by atoms with Crippen LogP contribution in [0.25, 0.3) is 11.0 Å². The maximum atomic E-state index is 12.6. The smallest absolute Gasteiger partial charge is 0.332 e. The Hall–Kier alpha value is -2.52. The van der Waals surface area contributed by atoms with E-state index in [9.17, 15) is 14.4 Å². The molecular weight excluding hydrogens is 350 g/mol. The Bertz CT molecular complexity index is 986. The summed E-state index contributed by atoms with van der Waals surface area (Å²) in [5, 5.41) is 3.16. The number of carbonyl (C=O) groups excluding carboxylic acids is 1. The molecule has 2 aromatic heterocycles. The highest BCUT2D eigenvalue weighted by Gasteiger charge is 2.28. The molecule has 0 aromatic carbocycles. The minimum atomic E-state index is -0.469. The number of hydrogen-bond donors (Lipinski definition) is 1. The van der Waals surface area contributed by atoms with Gasteiger partial charge in [-0.1, -0.05) is 0 Å². The van der Waals surface area contributed by atoms with E-state index in [1.54, 1.807) is 7.05 Å². The second kappa shape index (κ2) is 7.24. The number of pyridine rings is 1. The van der Waals surface area contributed by atoms with Crippen molar-refractivity contribution in [2.75, 3.05) is 32.8 Å². The molecule has 3 heterocycles. The summed E-state index contributed by atoms with van der Waals surface area (Å²) in [5.74, 6) is -0.304. The molecule has 0 aliphatic carbocycles. The first-order valence-electron chi connectivity index (χ1n) is 8.89. The van der Waals surface area contributed by atoms with E-state index >= 15 is 0 Å². The van der Waals surface area contributed by atoms with Crippen LogP contribution in [0.15, 0.2) is 21.9 Å². The third kappa shape index (κ3) is 3.65. The van der Waals surface area contributed by atoms with Gasteiger partial charge in [0.2, 0.25) is 0 Å². The fourth-order valence-electron chi connectivity index (χ4n) is 3.27. The molecule has 0 radical (unpaired) electrons. The molecule has 2 aromatic rings. The van der Waals surface area contributed by atoms with Gasteiger partial charge in [-0.25, -0.2) is 9.78 Å². The van der Waals surface area contributed by atoms with Crippen molar-refractivity contribution < 1.29 is 9.53 Å². The second-order valence-electron chi connectivity index (χ2n) is 7.40. The molecular formula is C18H25N5O4. The molecule has 3 rings (SSSR count). The fourth-order valence-corrected chi connectivity index (χ4v) is 3.27. The van der Waals surface area contributed by atoms with Crippen LogP contribution in [-0.4, -0.2) is 63.3 Å². The first-order valence-corrected chi connectivity index (χ1v) is 8.89. The van der Waals surface area contributed by atoms with Crippen LogP contribution in [0.4, 0.5) is 0 Å². The normalized spacial score (nSPS) is 15.9. The summed E-state index contributed by atoms with van der Waals surface area (Å²) in [5.41, 5.74) is -0.596. The average Bonchev–Trinajstić information content (AvgIpc) is 2.69. The molecule has 0 atom stereocenters. The lowest BCUT2D eigenvalue weighted by atomic mass is 10.0. The molecule has 1 saturated heterocycles. The first-order chi connectivity index (χ1) is 12.7. The van der Waals surface area contributed by atoms with Crippen LogP contribution in [0.5, 0.6) is 0 Å². The minimum Gasteiger partial charge on any atom is -0.379 e. The summed E-state index contributed by atoms with van der Waals surface area (Å²) in [6.07, 6.45) is 1.39. The number of amides is 1. The van der Waals surface area contributed by atoms with Gasteiger partial charge in [0, 0.05) is 45.5 Å². The number of nitrogens with one attached hydrogen (secondary N) is 1. The van der Waals surface area contributed by atoms with Crippen molar-refractivity contribution in [1.29, 1.82) is 0 Å². The Morgan fingerprint density at radius 3 is 2.56 bits per heavy atom. The second-order valence-corrected chi connectivity index (χ2v) is 7.40. The third-order valence-corrected chi connectivity index (χ3v) is 5.10. The van der Waals surface area contributed by atoms with Crippen molar-refractivity contribution in [2.45, 2.75) is 19.4 Å². The van der Waals surface area contributed by atoms with Crippen molar-refractivity contribution in [1.82, 2.24) is 24.3 Å². The van der Waals surface area contributed by atoms with Crippen molar-refractivity contribution in [2.24, 2.45) is 14.1 Å². The van der Waals surface area contributed by atoms with Gasteiger partial charge in [-0.2, -0.15) is 0 Å². The van der Waals surface area contributed by atoms with E-state index in [0.717, 1.165) is 17.7 Å². The van der Waals surface area contributed by atoms with E-state index < -0.39 is 11.2 Å². The lowest BCUT2D eigenvalue weighted by molar-refractivity contribution is -0.00923. The largest absolute Gasteiger partial charge is 0.379 e. The highest BCUT2D eigenvalue weighted by molar-refractivity contribution is 5.96. The van der Waals surface area contributed by atoms with Crippen LogP contribution < -0.4 is 16.6 Å². The van der Waals surface area contributed by atoms with Gasteiger partial charge < -0.3 is 10.1 Å². The van der Waals surface area contributed by atoms with Crippen molar-refractivity contribution in [3.8, 4) is 0 Å². The molecule has 1 N–H and O–H groups in total. The Morgan fingerprint density at radius 2 is 1.89 bits per heavy atom. The molecule has 0 unspecified atom stereocenters. The lowest BCUT2D eigenvalue weighted by Crippen LogP contribution is -2.55. The Kier molecular flexibility index (Phi) is 5.16. The molecule has 0 saturated carbocycles. The van der Waals surface area contributed by atoms with Crippen molar-refractivity contribution >= 4 is 16.9 Å². The van der Waals surface area contributed by atoms with Gasteiger partial charge in [0.25, 0.3) is 11.5 Å². The Morgan fingerprint density at radius 1 is 1.22 bits per heavy atom. The maximum absolute atomic E-state index is 12.6. The monoisotopic (exact) mass is 375 g/mol. The van der Waals surface area contributed by atoms with Gasteiger partial charge in [-0.15, -0.1) is 0 Å². The number of ether oxygens (including phenoxy) is 1. The summed E-state index contributed by atoms with van der Waals surface area (Å²) >= 11 is 0. The number of morpholine rings is 1. The molecule has 1 aliphatic rings. The molecule has 1 fully saturated rings. The zero-order chi connectivity index (χ0) is 19.8. The van der Waals surface area contributed by atoms with E-state index in [-0.39, 0.29) is 28.0 Å². The van der Waals surface area contributed by atoms with Crippen molar-refractivity contribution in [3.05, 3.63) is 38.7 Å². The highest BCUT2D eigenvalue weighted by Crippen LogP contribution is 2.15. The standard InChI is InChI=1S/C18H25N5O4/c1-18(2,23-5-7-27-8-6-23)11-20-15(24)12-9-13-14(19-10-12)21(3)17(26)22(4)16(13)25/h9-10H,5-8,11H2,1-4H3,(H,20,24). The van der Waals surface area contributed by atoms with Gasteiger partial charge in [0.05, 0.1) is 24.2 Å². The van der Waals surface area contributed by atoms with Crippen LogP contribution in [0.3, 0.4) is 0 Å². The van der Waals surface area contributed by atoms with E-state index in [1.165, 1.54) is 23.9 Å². The average molecular weight is 375 g/mol. The predicted molar refractivity (Wildman–Crippen MR) is 101 cm³/mol. The van der Waals surface area contributed by atoms with Gasteiger partial charge in [-0.05, 0) is 19.9 Å². The number of hydrogen-bond acceptors (Lipinski definition) is 6. The van der Waals surface area contributed by atoms with Crippen LogP contribution in [0.1, 0.15) is 24.2 Å². The summed E-state index contributed by atoms with van der Waals surface area (Å²) in [7, 11) is 2.95. The van der Waals surface area contributed by atoms with Crippen LogP contribution in [-0.2, 0) is 18.8 Å². The van der Waals surface area contributed by atoms with E-state index in [4.69, 9.17) is 4.74 Å². The summed E-state index contributed by atoms with van der Waals surface area (Å²) in [4.78, 5) is 43.4. The summed E-state index contributed by atoms with van der Waals surface area (Å²) in [6, 6.07) is 1.49. The SMILES string of the molecule is Cn1c(=O)c2cc(C(=O)NCC(C)(C)N3CCOCC3)cnc2n(C)c1=O. The number of fused-ring (bicyclic) bond motifs is 1. The number of rotatable bonds is 4.